The third-order valence-electron chi connectivity index (χ3n) is 5.43. The SMILES string of the molecule is O=C(O)c1ccc(CCCN2C(=O)OCC[C@@H]2C=C[C@@H](O)C(F)(F)c2cccc(C(F)(F)F)c2)s1. The summed E-state index contributed by atoms with van der Waals surface area (Å²) < 4.78 is 73.0. The van der Waals surface area contributed by atoms with Crippen molar-refractivity contribution in [3.8, 4) is 0 Å². The van der Waals surface area contributed by atoms with Gasteiger partial charge in [-0.3, -0.25) is 0 Å². The molecule has 1 aromatic carbocycles. The molecule has 2 N–H and O–H groups in total. The van der Waals surface area contributed by atoms with Crippen LogP contribution in [-0.2, 0) is 23.3 Å². The third kappa shape index (κ3) is 6.57. The summed E-state index contributed by atoms with van der Waals surface area (Å²) in [5.74, 6) is -5.04. The number of thiophene rings is 1. The fourth-order valence-corrected chi connectivity index (χ4v) is 4.47. The fourth-order valence-electron chi connectivity index (χ4n) is 3.58. The number of carbonyl (C=O) groups excluding carboxylic acids is 1. The van der Waals surface area contributed by atoms with Gasteiger partial charge in [-0.25, -0.2) is 9.59 Å². The van der Waals surface area contributed by atoms with E-state index < -0.39 is 47.4 Å². The number of aliphatic hydroxyl groups excluding tert-OH is 1. The molecule has 2 atom stereocenters. The van der Waals surface area contributed by atoms with E-state index in [1.807, 2.05) is 0 Å². The number of cyclic esters (lactones) is 1. The zero-order valence-corrected chi connectivity index (χ0v) is 19.0. The van der Waals surface area contributed by atoms with Crippen molar-refractivity contribution in [3.63, 3.8) is 0 Å². The maximum Gasteiger partial charge on any atom is 0.416 e. The van der Waals surface area contributed by atoms with Crippen molar-refractivity contribution in [2.75, 3.05) is 13.2 Å². The van der Waals surface area contributed by atoms with Gasteiger partial charge in [-0.05, 0) is 37.1 Å². The van der Waals surface area contributed by atoms with Gasteiger partial charge in [0.15, 0.2) is 0 Å². The van der Waals surface area contributed by atoms with Crippen LogP contribution in [0.15, 0.2) is 48.6 Å². The summed E-state index contributed by atoms with van der Waals surface area (Å²) in [7, 11) is 0. The first-order valence-electron chi connectivity index (χ1n) is 10.6. The van der Waals surface area contributed by atoms with Crippen LogP contribution in [0.3, 0.4) is 0 Å². The summed E-state index contributed by atoms with van der Waals surface area (Å²) in [6.45, 7) is 0.228. The molecule has 12 heteroatoms. The van der Waals surface area contributed by atoms with E-state index in [2.05, 4.69) is 0 Å². The van der Waals surface area contributed by atoms with Crippen molar-refractivity contribution in [2.24, 2.45) is 0 Å². The average molecular weight is 519 g/mol. The first kappa shape index (κ1) is 26.6. The molecule has 1 aliphatic rings. The smallest absolute Gasteiger partial charge is 0.416 e. The van der Waals surface area contributed by atoms with Crippen LogP contribution < -0.4 is 0 Å². The Morgan fingerprint density at radius 3 is 2.57 bits per heavy atom. The maximum atomic E-state index is 14.7. The van der Waals surface area contributed by atoms with E-state index in [4.69, 9.17) is 9.84 Å². The highest BCUT2D eigenvalue weighted by Crippen LogP contribution is 2.37. The minimum atomic E-state index is -4.81. The summed E-state index contributed by atoms with van der Waals surface area (Å²) in [4.78, 5) is 25.5. The van der Waals surface area contributed by atoms with E-state index in [0.29, 0.717) is 25.0 Å². The lowest BCUT2D eigenvalue weighted by Gasteiger charge is -2.33. The number of aromatic carboxylic acids is 1. The van der Waals surface area contributed by atoms with Crippen molar-refractivity contribution in [2.45, 2.75) is 43.5 Å². The second kappa shape index (κ2) is 10.7. The number of carbonyl (C=O) groups is 2. The van der Waals surface area contributed by atoms with E-state index >= 15 is 0 Å². The number of rotatable bonds is 9. The predicted molar refractivity (Wildman–Crippen MR) is 117 cm³/mol. The van der Waals surface area contributed by atoms with Crippen LogP contribution in [0.4, 0.5) is 26.7 Å². The van der Waals surface area contributed by atoms with E-state index in [1.54, 1.807) is 6.07 Å². The van der Waals surface area contributed by atoms with E-state index in [0.717, 1.165) is 34.4 Å². The van der Waals surface area contributed by atoms with Gasteiger partial charge in [0.1, 0.15) is 11.0 Å². The minimum Gasteiger partial charge on any atom is -0.477 e. The molecule has 35 heavy (non-hydrogen) atoms. The van der Waals surface area contributed by atoms with Crippen molar-refractivity contribution < 1.29 is 46.5 Å². The molecule has 6 nitrogen and oxygen atoms in total. The average Bonchev–Trinajstić information content (AvgIpc) is 3.27. The third-order valence-corrected chi connectivity index (χ3v) is 6.56. The number of nitrogens with zero attached hydrogens (tertiary/aromatic N) is 1. The van der Waals surface area contributed by atoms with E-state index in [9.17, 15) is 36.6 Å². The van der Waals surface area contributed by atoms with Crippen LogP contribution in [0, 0.1) is 0 Å². The zero-order chi connectivity index (χ0) is 25.8. The first-order chi connectivity index (χ1) is 16.4. The number of aryl methyl sites for hydroxylation is 1. The Labute approximate surface area is 201 Å². The van der Waals surface area contributed by atoms with Crippen molar-refractivity contribution in [1.29, 1.82) is 0 Å². The second-order valence-electron chi connectivity index (χ2n) is 7.87. The lowest BCUT2D eigenvalue weighted by molar-refractivity contribution is -0.138. The van der Waals surface area contributed by atoms with Gasteiger partial charge in [0, 0.05) is 23.4 Å². The van der Waals surface area contributed by atoms with Crippen LogP contribution >= 0.6 is 11.3 Å². The van der Waals surface area contributed by atoms with Gasteiger partial charge in [0.05, 0.1) is 18.2 Å². The van der Waals surface area contributed by atoms with E-state index in [1.165, 1.54) is 17.0 Å². The monoisotopic (exact) mass is 519 g/mol. The summed E-state index contributed by atoms with van der Waals surface area (Å²) in [5, 5.41) is 19.1. The van der Waals surface area contributed by atoms with Crippen LogP contribution in [0.5, 0.6) is 0 Å². The zero-order valence-electron chi connectivity index (χ0n) is 18.2. The van der Waals surface area contributed by atoms with Gasteiger partial charge >= 0.3 is 24.2 Å². The molecule has 1 saturated heterocycles. The summed E-state index contributed by atoms with van der Waals surface area (Å²) >= 11 is 1.11. The Balaban J connectivity index is 1.66. The molecule has 1 aromatic heterocycles. The normalized spacial score (nSPS) is 18.1. The van der Waals surface area contributed by atoms with Crippen molar-refractivity contribution >= 4 is 23.4 Å². The highest BCUT2D eigenvalue weighted by Gasteiger charge is 2.41. The molecule has 0 saturated carbocycles. The Morgan fingerprint density at radius 2 is 1.91 bits per heavy atom. The van der Waals surface area contributed by atoms with Gasteiger partial charge in [-0.2, -0.15) is 22.0 Å². The number of hydrogen-bond acceptors (Lipinski definition) is 5. The Morgan fingerprint density at radius 1 is 1.20 bits per heavy atom. The molecular weight excluding hydrogens is 497 g/mol. The topological polar surface area (TPSA) is 87.1 Å². The van der Waals surface area contributed by atoms with Crippen LogP contribution in [0.25, 0.3) is 0 Å². The molecule has 0 radical (unpaired) electrons. The molecule has 2 aromatic rings. The molecule has 3 rings (SSSR count). The molecule has 190 valence electrons. The highest BCUT2D eigenvalue weighted by molar-refractivity contribution is 7.13. The standard InChI is InChI=1S/C23H22F5NO5S/c24-22(25,14-3-1-4-15(13-14)23(26,27)28)19(30)9-6-16-10-12-34-21(33)29(16)11-2-5-17-7-8-18(35-17)20(31)32/h1,3-4,6-9,13,16,19,30H,2,5,10-12H2,(H,31,32)/t16-,19+/m0/s1. The minimum absolute atomic E-state index is 0.0390. The van der Waals surface area contributed by atoms with Crippen LogP contribution in [0.1, 0.15) is 38.5 Å². The van der Waals surface area contributed by atoms with Crippen molar-refractivity contribution in [3.05, 3.63) is 69.4 Å². The fraction of sp³-hybridized carbons (Fsp3) is 0.391. The van der Waals surface area contributed by atoms with Gasteiger partial charge < -0.3 is 19.8 Å². The summed E-state index contributed by atoms with van der Waals surface area (Å²) in [6, 6.07) is 5.08. The number of carboxylic acid groups (broad SMARTS) is 1. The number of benzene rings is 1. The number of carboxylic acids is 1. The molecular formula is C23H22F5NO5S. The number of amides is 1. The lowest BCUT2D eigenvalue weighted by atomic mass is 9.99. The lowest BCUT2D eigenvalue weighted by Crippen LogP contribution is -2.45. The largest absolute Gasteiger partial charge is 0.477 e. The summed E-state index contributed by atoms with van der Waals surface area (Å²) in [5.41, 5.74) is -2.24. The van der Waals surface area contributed by atoms with Gasteiger partial charge in [-0.1, -0.05) is 24.3 Å². The number of aliphatic hydroxyl groups is 1. The quantitative estimate of drug-likeness (QED) is 0.346. The molecule has 2 heterocycles. The summed E-state index contributed by atoms with van der Waals surface area (Å²) in [6.07, 6.45) is -4.71. The molecule has 1 fully saturated rings. The highest BCUT2D eigenvalue weighted by atomic mass is 32.1. The number of ether oxygens (including phenoxy) is 1. The molecule has 0 unspecified atom stereocenters. The second-order valence-corrected chi connectivity index (χ2v) is 9.04. The Hall–Kier alpha value is -2.99. The predicted octanol–water partition coefficient (Wildman–Crippen LogP) is 5.32. The molecule has 0 spiro atoms. The van der Waals surface area contributed by atoms with Crippen molar-refractivity contribution in [1.82, 2.24) is 4.90 Å². The van der Waals surface area contributed by atoms with Gasteiger partial charge in [-0.15, -0.1) is 11.3 Å². The Kier molecular flexibility index (Phi) is 8.16. The molecule has 0 bridgehead atoms. The van der Waals surface area contributed by atoms with Gasteiger partial charge in [0.25, 0.3) is 0 Å². The molecule has 1 amide bonds. The molecule has 1 aliphatic heterocycles. The maximum absolute atomic E-state index is 14.7. The molecule has 0 aliphatic carbocycles. The number of halogens is 5. The first-order valence-corrected chi connectivity index (χ1v) is 11.4. The Bertz CT molecular complexity index is 1080. The van der Waals surface area contributed by atoms with Crippen LogP contribution in [-0.4, -0.2) is 52.5 Å². The van der Waals surface area contributed by atoms with Crippen LogP contribution in [0.2, 0.25) is 0 Å². The van der Waals surface area contributed by atoms with Gasteiger partial charge in [0.2, 0.25) is 0 Å². The number of hydrogen-bond donors (Lipinski definition) is 2. The van der Waals surface area contributed by atoms with E-state index in [-0.39, 0.29) is 24.4 Å². The number of alkyl halides is 5.